The average molecular weight is 365 g/mol. The largest absolute Gasteiger partial charge is 0.335 e. The lowest BCUT2D eigenvalue weighted by Gasteiger charge is -2.34. The third-order valence-electron chi connectivity index (χ3n) is 4.89. The summed E-state index contributed by atoms with van der Waals surface area (Å²) in [5.41, 5.74) is 3.47. The first kappa shape index (κ1) is 19.1. The zero-order chi connectivity index (χ0) is 19.4. The fourth-order valence-electron chi connectivity index (χ4n) is 3.51. The van der Waals surface area contributed by atoms with E-state index in [9.17, 15) is 4.79 Å². The molecule has 0 unspecified atom stereocenters. The van der Waals surface area contributed by atoms with Crippen molar-refractivity contribution in [2.24, 2.45) is 13.0 Å². The second kappa shape index (κ2) is 8.36. The van der Waals surface area contributed by atoms with Crippen molar-refractivity contribution < 1.29 is 4.79 Å². The molecule has 1 fully saturated rings. The Hall–Kier alpha value is -2.65. The number of nitriles is 1. The minimum absolute atomic E-state index is 0.0612. The number of carbonyl (C=O) groups is 1. The van der Waals surface area contributed by atoms with Gasteiger partial charge in [0, 0.05) is 39.8 Å². The second-order valence-electron chi connectivity index (χ2n) is 7.62. The monoisotopic (exact) mass is 365 g/mol. The van der Waals surface area contributed by atoms with E-state index in [1.807, 2.05) is 42.3 Å². The molecule has 0 bridgehead atoms. The van der Waals surface area contributed by atoms with Crippen molar-refractivity contribution in [1.29, 1.82) is 5.26 Å². The normalized spacial score (nSPS) is 15.1. The van der Waals surface area contributed by atoms with Crippen LogP contribution in [0.1, 0.15) is 41.2 Å². The highest BCUT2D eigenvalue weighted by Crippen LogP contribution is 2.14. The van der Waals surface area contributed by atoms with Crippen molar-refractivity contribution in [2.45, 2.75) is 26.8 Å². The van der Waals surface area contributed by atoms with E-state index < -0.39 is 0 Å². The van der Waals surface area contributed by atoms with E-state index in [2.05, 4.69) is 29.9 Å². The molecule has 6 heteroatoms. The van der Waals surface area contributed by atoms with Gasteiger partial charge in [-0.2, -0.15) is 10.4 Å². The third-order valence-corrected chi connectivity index (χ3v) is 4.89. The van der Waals surface area contributed by atoms with Gasteiger partial charge in [0.1, 0.15) is 5.69 Å². The fourth-order valence-corrected chi connectivity index (χ4v) is 3.51. The van der Waals surface area contributed by atoms with Gasteiger partial charge >= 0.3 is 0 Å². The van der Waals surface area contributed by atoms with Gasteiger partial charge in [-0.25, -0.2) is 0 Å². The van der Waals surface area contributed by atoms with Crippen LogP contribution in [0.25, 0.3) is 0 Å². The van der Waals surface area contributed by atoms with Crippen LogP contribution in [0.5, 0.6) is 0 Å². The number of nitrogens with zero attached hydrogens (tertiary/aromatic N) is 5. The molecule has 2 heterocycles. The predicted molar refractivity (Wildman–Crippen MR) is 104 cm³/mol. The van der Waals surface area contributed by atoms with Crippen LogP contribution in [0.15, 0.2) is 30.3 Å². The van der Waals surface area contributed by atoms with Crippen LogP contribution in [0.3, 0.4) is 0 Å². The van der Waals surface area contributed by atoms with Crippen molar-refractivity contribution in [3.8, 4) is 6.07 Å². The summed E-state index contributed by atoms with van der Waals surface area (Å²) in [6.07, 6.45) is 0.886. The van der Waals surface area contributed by atoms with E-state index in [1.54, 1.807) is 4.68 Å². The Morgan fingerprint density at radius 2 is 1.96 bits per heavy atom. The number of hydrogen-bond donors (Lipinski definition) is 0. The first-order chi connectivity index (χ1) is 13.0. The maximum Gasteiger partial charge on any atom is 0.272 e. The predicted octanol–water partition coefficient (Wildman–Crippen LogP) is 2.45. The number of aromatic nitrogens is 2. The number of rotatable bonds is 5. The molecule has 3 rings (SSSR count). The van der Waals surface area contributed by atoms with Crippen molar-refractivity contribution in [1.82, 2.24) is 19.6 Å². The number of aryl methyl sites for hydroxylation is 1. The molecule has 0 spiro atoms. The molecular formula is C21H27N5O. The number of piperazine rings is 1. The molecule has 1 aliphatic rings. The van der Waals surface area contributed by atoms with E-state index in [-0.39, 0.29) is 5.91 Å². The maximum absolute atomic E-state index is 12.9. The molecule has 27 heavy (non-hydrogen) atoms. The number of benzene rings is 1. The number of amides is 1. The van der Waals surface area contributed by atoms with Crippen molar-refractivity contribution in [2.75, 3.05) is 26.2 Å². The Morgan fingerprint density at radius 3 is 2.63 bits per heavy atom. The highest BCUT2D eigenvalue weighted by atomic mass is 16.2. The first-order valence-corrected chi connectivity index (χ1v) is 9.50. The highest BCUT2D eigenvalue weighted by Gasteiger charge is 2.24. The molecular weight excluding hydrogens is 338 g/mol. The summed E-state index contributed by atoms with van der Waals surface area (Å²) in [6, 6.07) is 11.8. The minimum atomic E-state index is 0.0612. The first-order valence-electron chi connectivity index (χ1n) is 9.50. The Balaban J connectivity index is 1.58. The van der Waals surface area contributed by atoms with Crippen LogP contribution in [-0.4, -0.2) is 51.7 Å². The van der Waals surface area contributed by atoms with E-state index in [4.69, 9.17) is 5.26 Å². The van der Waals surface area contributed by atoms with Crippen molar-refractivity contribution in [3.63, 3.8) is 0 Å². The summed E-state index contributed by atoms with van der Waals surface area (Å²) < 4.78 is 1.71. The van der Waals surface area contributed by atoms with Crippen LogP contribution >= 0.6 is 0 Å². The lowest BCUT2D eigenvalue weighted by Crippen LogP contribution is -2.48. The van der Waals surface area contributed by atoms with Gasteiger partial charge in [0.2, 0.25) is 0 Å². The lowest BCUT2D eigenvalue weighted by molar-refractivity contribution is 0.0618. The summed E-state index contributed by atoms with van der Waals surface area (Å²) >= 11 is 0. The number of carbonyl (C=O) groups excluding carboxylic acids is 1. The molecule has 6 nitrogen and oxygen atoms in total. The Morgan fingerprint density at radius 1 is 1.22 bits per heavy atom. The molecule has 0 radical (unpaired) electrons. The smallest absolute Gasteiger partial charge is 0.272 e. The summed E-state index contributed by atoms with van der Waals surface area (Å²) in [6.45, 7) is 8.20. The summed E-state index contributed by atoms with van der Waals surface area (Å²) in [5.74, 6) is 0.581. The quantitative estimate of drug-likeness (QED) is 0.816. The van der Waals surface area contributed by atoms with Gasteiger partial charge in [-0.15, -0.1) is 0 Å². The standard InChI is InChI=1S/C21H27N5O/c1-16(2)11-19-13-20(24(3)23-19)21(27)26-9-7-25(8-10-26)15-18-6-4-5-17(12-18)14-22/h4-6,12-13,16H,7-11,15H2,1-3H3. The van der Waals surface area contributed by atoms with E-state index in [1.165, 1.54) is 0 Å². The fraction of sp³-hybridized carbons (Fsp3) is 0.476. The Labute approximate surface area is 161 Å². The summed E-state index contributed by atoms with van der Waals surface area (Å²) in [7, 11) is 1.84. The SMILES string of the molecule is CC(C)Cc1cc(C(=O)N2CCN(Cc3cccc(C#N)c3)CC2)n(C)n1. The number of hydrogen-bond acceptors (Lipinski definition) is 4. The molecule has 1 saturated heterocycles. The molecule has 1 aromatic heterocycles. The van der Waals surface area contributed by atoms with Crippen molar-refractivity contribution >= 4 is 5.91 Å². The van der Waals surface area contributed by atoms with Gasteiger partial charge in [-0.1, -0.05) is 26.0 Å². The summed E-state index contributed by atoms with van der Waals surface area (Å²) in [4.78, 5) is 17.1. The van der Waals surface area contributed by atoms with Crippen LogP contribution in [-0.2, 0) is 20.0 Å². The topological polar surface area (TPSA) is 65.2 Å². The highest BCUT2D eigenvalue weighted by molar-refractivity contribution is 5.92. The molecule has 1 amide bonds. The van der Waals surface area contributed by atoms with Crippen LogP contribution in [0.2, 0.25) is 0 Å². The van der Waals surface area contributed by atoms with Gasteiger partial charge in [-0.3, -0.25) is 14.4 Å². The van der Waals surface area contributed by atoms with Gasteiger partial charge in [-0.05, 0) is 36.1 Å². The van der Waals surface area contributed by atoms with Crippen molar-refractivity contribution in [3.05, 3.63) is 52.8 Å². The zero-order valence-electron chi connectivity index (χ0n) is 16.4. The second-order valence-corrected chi connectivity index (χ2v) is 7.62. The van der Waals surface area contributed by atoms with Gasteiger partial charge in [0.15, 0.2) is 0 Å². The summed E-state index contributed by atoms with van der Waals surface area (Å²) in [5, 5.41) is 13.5. The molecule has 2 aromatic rings. The van der Waals surface area contributed by atoms with Crippen LogP contribution in [0, 0.1) is 17.2 Å². The van der Waals surface area contributed by atoms with E-state index in [0.29, 0.717) is 30.3 Å². The van der Waals surface area contributed by atoms with Gasteiger partial charge in [0.25, 0.3) is 5.91 Å². The van der Waals surface area contributed by atoms with Crippen LogP contribution < -0.4 is 0 Å². The zero-order valence-corrected chi connectivity index (χ0v) is 16.4. The molecule has 0 N–H and O–H groups in total. The van der Waals surface area contributed by atoms with E-state index >= 15 is 0 Å². The van der Waals surface area contributed by atoms with Gasteiger partial charge < -0.3 is 4.90 Å². The lowest BCUT2D eigenvalue weighted by atomic mass is 10.1. The molecule has 142 valence electrons. The molecule has 1 aromatic carbocycles. The van der Waals surface area contributed by atoms with Gasteiger partial charge in [0.05, 0.1) is 17.3 Å². The molecule has 1 aliphatic heterocycles. The Kier molecular flexibility index (Phi) is 5.92. The maximum atomic E-state index is 12.9. The average Bonchev–Trinajstić information content (AvgIpc) is 3.01. The molecule has 0 atom stereocenters. The van der Waals surface area contributed by atoms with E-state index in [0.717, 1.165) is 37.3 Å². The molecule has 0 saturated carbocycles. The molecule has 0 aliphatic carbocycles. The minimum Gasteiger partial charge on any atom is -0.335 e. The van der Waals surface area contributed by atoms with Crippen LogP contribution in [0.4, 0.5) is 0 Å². The Bertz CT molecular complexity index is 840. The third kappa shape index (κ3) is 4.75.